The van der Waals surface area contributed by atoms with Crippen LogP contribution in [0.3, 0.4) is 0 Å². The van der Waals surface area contributed by atoms with Crippen LogP contribution in [0.4, 0.5) is 0 Å². The number of hydrogen-bond donors (Lipinski definition) is 1. The standard InChI is InChI=1S/C9H11BrClN/c10-9-4-3-8(11)6-7(9)2-1-5-12/h3-4,6H,1-2,5,12H2. The smallest absolute Gasteiger partial charge is 0.0409 e. The van der Waals surface area contributed by atoms with Gasteiger partial charge in [0.25, 0.3) is 0 Å². The molecule has 0 amide bonds. The Kier molecular flexibility index (Phi) is 4.06. The molecule has 1 aromatic rings. The maximum atomic E-state index is 5.84. The van der Waals surface area contributed by atoms with E-state index in [0.717, 1.165) is 28.9 Å². The molecule has 0 atom stereocenters. The van der Waals surface area contributed by atoms with E-state index in [1.165, 1.54) is 5.56 Å². The van der Waals surface area contributed by atoms with Crippen LogP contribution in [0.5, 0.6) is 0 Å². The fourth-order valence-electron chi connectivity index (χ4n) is 1.03. The van der Waals surface area contributed by atoms with Gasteiger partial charge in [-0.15, -0.1) is 0 Å². The summed E-state index contributed by atoms with van der Waals surface area (Å²) in [4.78, 5) is 0. The summed E-state index contributed by atoms with van der Waals surface area (Å²) < 4.78 is 1.11. The van der Waals surface area contributed by atoms with Gasteiger partial charge in [0.1, 0.15) is 0 Å². The largest absolute Gasteiger partial charge is 0.330 e. The second-order valence-electron chi connectivity index (χ2n) is 2.63. The zero-order valence-electron chi connectivity index (χ0n) is 6.69. The molecule has 0 saturated carbocycles. The highest BCUT2D eigenvalue weighted by Crippen LogP contribution is 2.21. The van der Waals surface area contributed by atoms with Crippen LogP contribution in [-0.4, -0.2) is 6.54 Å². The first-order chi connectivity index (χ1) is 5.74. The van der Waals surface area contributed by atoms with E-state index in [0.29, 0.717) is 0 Å². The normalized spacial score (nSPS) is 10.2. The lowest BCUT2D eigenvalue weighted by atomic mass is 10.1. The zero-order chi connectivity index (χ0) is 8.97. The number of halogens is 2. The lowest BCUT2D eigenvalue weighted by Crippen LogP contribution is -2.00. The summed E-state index contributed by atoms with van der Waals surface area (Å²) >= 11 is 9.30. The SMILES string of the molecule is NCCCc1cc(Cl)ccc1Br. The zero-order valence-corrected chi connectivity index (χ0v) is 9.03. The quantitative estimate of drug-likeness (QED) is 0.874. The van der Waals surface area contributed by atoms with Gasteiger partial charge in [-0.1, -0.05) is 27.5 Å². The molecule has 1 rings (SSSR count). The second kappa shape index (κ2) is 4.85. The first kappa shape index (κ1) is 10.0. The number of aryl methyl sites for hydroxylation is 1. The summed E-state index contributed by atoms with van der Waals surface area (Å²) in [6, 6.07) is 5.81. The topological polar surface area (TPSA) is 26.0 Å². The van der Waals surface area contributed by atoms with E-state index in [9.17, 15) is 0 Å². The van der Waals surface area contributed by atoms with Gasteiger partial charge in [-0.3, -0.25) is 0 Å². The molecule has 12 heavy (non-hydrogen) atoms. The highest BCUT2D eigenvalue weighted by molar-refractivity contribution is 9.10. The van der Waals surface area contributed by atoms with Gasteiger partial charge < -0.3 is 5.73 Å². The first-order valence-corrected chi connectivity index (χ1v) is 5.05. The molecule has 0 saturated heterocycles. The van der Waals surface area contributed by atoms with Crippen LogP contribution in [0.1, 0.15) is 12.0 Å². The molecule has 2 N–H and O–H groups in total. The Morgan fingerprint density at radius 2 is 2.17 bits per heavy atom. The van der Waals surface area contributed by atoms with Crippen molar-refractivity contribution in [3.8, 4) is 0 Å². The fourth-order valence-corrected chi connectivity index (χ4v) is 1.67. The molecule has 0 fully saturated rings. The maximum Gasteiger partial charge on any atom is 0.0409 e. The molecule has 3 heteroatoms. The molecule has 0 aliphatic heterocycles. The Morgan fingerprint density at radius 3 is 2.83 bits per heavy atom. The lowest BCUT2D eigenvalue weighted by Gasteiger charge is -2.03. The number of benzene rings is 1. The molecule has 0 aliphatic rings. The third-order valence-electron chi connectivity index (χ3n) is 1.66. The van der Waals surface area contributed by atoms with Crippen molar-refractivity contribution in [2.24, 2.45) is 5.73 Å². The Labute approximate surface area is 86.0 Å². The van der Waals surface area contributed by atoms with Crippen molar-refractivity contribution in [2.45, 2.75) is 12.8 Å². The van der Waals surface area contributed by atoms with Gasteiger partial charge in [0.2, 0.25) is 0 Å². The number of rotatable bonds is 3. The molecule has 0 aliphatic carbocycles. The molecule has 0 bridgehead atoms. The molecule has 0 aromatic heterocycles. The van der Waals surface area contributed by atoms with Crippen LogP contribution >= 0.6 is 27.5 Å². The average Bonchev–Trinajstić information content (AvgIpc) is 2.07. The van der Waals surface area contributed by atoms with Crippen LogP contribution in [0.25, 0.3) is 0 Å². The monoisotopic (exact) mass is 247 g/mol. The van der Waals surface area contributed by atoms with Gasteiger partial charge in [0.15, 0.2) is 0 Å². The number of hydrogen-bond acceptors (Lipinski definition) is 1. The second-order valence-corrected chi connectivity index (χ2v) is 3.92. The van der Waals surface area contributed by atoms with E-state index < -0.39 is 0 Å². The number of nitrogens with two attached hydrogens (primary N) is 1. The molecule has 1 nitrogen and oxygen atoms in total. The van der Waals surface area contributed by atoms with Crippen LogP contribution in [-0.2, 0) is 6.42 Å². The van der Waals surface area contributed by atoms with E-state index in [4.69, 9.17) is 17.3 Å². The summed E-state index contributed by atoms with van der Waals surface area (Å²) in [7, 11) is 0. The summed E-state index contributed by atoms with van der Waals surface area (Å²) in [6.45, 7) is 0.721. The van der Waals surface area contributed by atoms with E-state index in [1.807, 2.05) is 18.2 Å². The van der Waals surface area contributed by atoms with Gasteiger partial charge in [0.05, 0.1) is 0 Å². The van der Waals surface area contributed by atoms with Crippen LogP contribution in [0, 0.1) is 0 Å². The summed E-state index contributed by atoms with van der Waals surface area (Å²) in [5.41, 5.74) is 6.65. The highest BCUT2D eigenvalue weighted by Gasteiger charge is 1.99. The van der Waals surface area contributed by atoms with E-state index in [-0.39, 0.29) is 0 Å². The third-order valence-corrected chi connectivity index (χ3v) is 2.67. The molecular formula is C9H11BrClN. The van der Waals surface area contributed by atoms with Crippen LogP contribution in [0.15, 0.2) is 22.7 Å². The van der Waals surface area contributed by atoms with Crippen molar-refractivity contribution in [3.63, 3.8) is 0 Å². The van der Waals surface area contributed by atoms with Gasteiger partial charge in [-0.05, 0) is 43.1 Å². The van der Waals surface area contributed by atoms with Crippen molar-refractivity contribution in [1.82, 2.24) is 0 Å². The molecular weight excluding hydrogens is 237 g/mol. The van der Waals surface area contributed by atoms with Gasteiger partial charge in [-0.25, -0.2) is 0 Å². The first-order valence-electron chi connectivity index (χ1n) is 3.88. The third kappa shape index (κ3) is 2.77. The van der Waals surface area contributed by atoms with Gasteiger partial charge >= 0.3 is 0 Å². The minimum absolute atomic E-state index is 0.721. The minimum atomic E-state index is 0.721. The Hall–Kier alpha value is -0.0500. The molecule has 0 unspecified atom stereocenters. The maximum absolute atomic E-state index is 5.84. The predicted octanol–water partition coefficient (Wildman–Crippen LogP) is 2.99. The van der Waals surface area contributed by atoms with Gasteiger partial charge in [0, 0.05) is 9.50 Å². The molecule has 1 aromatic carbocycles. The Bertz CT molecular complexity index is 263. The van der Waals surface area contributed by atoms with E-state index >= 15 is 0 Å². The molecule has 0 spiro atoms. The fraction of sp³-hybridized carbons (Fsp3) is 0.333. The van der Waals surface area contributed by atoms with E-state index in [2.05, 4.69) is 15.9 Å². The summed E-state index contributed by atoms with van der Waals surface area (Å²) in [5, 5.41) is 0.783. The Morgan fingerprint density at radius 1 is 1.42 bits per heavy atom. The highest BCUT2D eigenvalue weighted by atomic mass is 79.9. The Balaban J connectivity index is 2.75. The van der Waals surface area contributed by atoms with Gasteiger partial charge in [-0.2, -0.15) is 0 Å². The van der Waals surface area contributed by atoms with Crippen molar-refractivity contribution < 1.29 is 0 Å². The molecule has 0 heterocycles. The minimum Gasteiger partial charge on any atom is -0.330 e. The van der Waals surface area contributed by atoms with Crippen molar-refractivity contribution >= 4 is 27.5 Å². The predicted molar refractivity (Wildman–Crippen MR) is 56.5 cm³/mol. The summed E-state index contributed by atoms with van der Waals surface area (Å²) in [5.74, 6) is 0. The van der Waals surface area contributed by atoms with Crippen molar-refractivity contribution in [3.05, 3.63) is 33.3 Å². The average molecular weight is 249 g/mol. The lowest BCUT2D eigenvalue weighted by molar-refractivity contribution is 0.830. The molecule has 66 valence electrons. The van der Waals surface area contributed by atoms with E-state index in [1.54, 1.807) is 0 Å². The van der Waals surface area contributed by atoms with Crippen LogP contribution in [0.2, 0.25) is 5.02 Å². The van der Waals surface area contributed by atoms with Crippen molar-refractivity contribution in [1.29, 1.82) is 0 Å². The molecule has 0 radical (unpaired) electrons. The van der Waals surface area contributed by atoms with Crippen LogP contribution < -0.4 is 5.73 Å². The summed E-state index contributed by atoms with van der Waals surface area (Å²) in [6.07, 6.45) is 1.98. The van der Waals surface area contributed by atoms with Crippen molar-refractivity contribution in [2.75, 3.05) is 6.54 Å².